The number of hydrogen-bond acceptors (Lipinski definition) is 3. The molecule has 2 atom stereocenters. The third-order valence-electron chi connectivity index (χ3n) is 4.63. The lowest BCUT2D eigenvalue weighted by Gasteiger charge is -2.25. The Morgan fingerprint density at radius 2 is 2.33 bits per heavy atom. The Labute approximate surface area is 147 Å². The second-order valence-corrected chi connectivity index (χ2v) is 7.59. The van der Waals surface area contributed by atoms with Crippen LogP contribution in [0.2, 0.25) is 0 Å². The van der Waals surface area contributed by atoms with Crippen molar-refractivity contribution in [2.45, 2.75) is 46.2 Å². The molecule has 0 saturated carbocycles. The fourth-order valence-corrected chi connectivity index (χ4v) is 4.11. The summed E-state index contributed by atoms with van der Waals surface area (Å²) in [6.45, 7) is 8.57. The van der Waals surface area contributed by atoms with E-state index in [0.29, 0.717) is 12.5 Å². The maximum absolute atomic E-state index is 12.6. The van der Waals surface area contributed by atoms with Gasteiger partial charge in [0.2, 0.25) is 0 Å². The molecule has 1 saturated heterocycles. The van der Waals surface area contributed by atoms with E-state index in [1.807, 2.05) is 16.5 Å². The Kier molecular flexibility index (Phi) is 5.23. The van der Waals surface area contributed by atoms with Gasteiger partial charge in [-0.25, -0.2) is 4.79 Å². The quantitative estimate of drug-likeness (QED) is 0.896. The van der Waals surface area contributed by atoms with Crippen LogP contribution in [0.1, 0.15) is 42.8 Å². The minimum atomic E-state index is 0.0592. The Morgan fingerprint density at radius 3 is 3.00 bits per heavy atom. The van der Waals surface area contributed by atoms with Gasteiger partial charge in [-0.3, -0.25) is 4.68 Å². The van der Waals surface area contributed by atoms with Crippen LogP contribution in [0, 0.1) is 19.8 Å². The summed E-state index contributed by atoms with van der Waals surface area (Å²) in [6, 6.07) is 4.51. The average Bonchev–Trinajstić information content (AvgIpc) is 3.25. The molecule has 1 fully saturated rings. The zero-order chi connectivity index (χ0) is 17.1. The van der Waals surface area contributed by atoms with E-state index in [9.17, 15) is 4.79 Å². The van der Waals surface area contributed by atoms with E-state index < -0.39 is 0 Å². The Morgan fingerprint density at radius 1 is 1.50 bits per heavy atom. The molecular formula is C18H26N4OS. The van der Waals surface area contributed by atoms with Crippen molar-refractivity contribution in [1.82, 2.24) is 20.0 Å². The van der Waals surface area contributed by atoms with Crippen molar-refractivity contribution in [3.63, 3.8) is 0 Å². The van der Waals surface area contributed by atoms with E-state index >= 15 is 0 Å². The first kappa shape index (κ1) is 17.0. The molecule has 0 bridgehead atoms. The summed E-state index contributed by atoms with van der Waals surface area (Å²) < 4.78 is 2.02. The number of nitrogens with one attached hydrogen (secondary N) is 1. The summed E-state index contributed by atoms with van der Waals surface area (Å²) >= 11 is 1.69. The summed E-state index contributed by atoms with van der Waals surface area (Å²) in [4.78, 5) is 14.6. The van der Waals surface area contributed by atoms with Crippen molar-refractivity contribution in [3.8, 4) is 0 Å². The third kappa shape index (κ3) is 3.80. The van der Waals surface area contributed by atoms with Crippen molar-refractivity contribution in [3.05, 3.63) is 39.8 Å². The molecule has 0 aromatic carbocycles. The molecule has 1 N–H and O–H groups in total. The van der Waals surface area contributed by atoms with E-state index in [1.165, 1.54) is 11.3 Å². The van der Waals surface area contributed by atoms with Crippen molar-refractivity contribution in [1.29, 1.82) is 0 Å². The molecule has 2 amide bonds. The highest BCUT2D eigenvalue weighted by Crippen LogP contribution is 2.32. The molecule has 0 spiro atoms. The van der Waals surface area contributed by atoms with E-state index in [4.69, 9.17) is 0 Å². The first-order valence-corrected chi connectivity index (χ1v) is 9.56. The van der Waals surface area contributed by atoms with Gasteiger partial charge in [0, 0.05) is 25.3 Å². The number of aromatic nitrogens is 2. The highest BCUT2D eigenvalue weighted by molar-refractivity contribution is 7.07. The second kappa shape index (κ2) is 7.38. The number of carbonyl (C=O) groups is 1. The number of carbonyl (C=O) groups excluding carboxylic acids is 1. The van der Waals surface area contributed by atoms with Crippen LogP contribution >= 0.6 is 11.3 Å². The largest absolute Gasteiger partial charge is 0.338 e. The lowest BCUT2D eigenvalue weighted by atomic mass is 10.1. The van der Waals surface area contributed by atoms with Crippen molar-refractivity contribution in [2.75, 3.05) is 13.1 Å². The van der Waals surface area contributed by atoms with Gasteiger partial charge in [-0.1, -0.05) is 6.92 Å². The SMILES string of the molecule is Cc1cc(C)n(C[C@H](C)CNC(=O)N2CCC[C@H]2c2ccsc2)n1. The predicted molar refractivity (Wildman–Crippen MR) is 97.3 cm³/mol. The van der Waals surface area contributed by atoms with E-state index in [1.54, 1.807) is 11.3 Å². The van der Waals surface area contributed by atoms with Crippen LogP contribution in [-0.4, -0.2) is 33.8 Å². The van der Waals surface area contributed by atoms with Crippen LogP contribution in [0.5, 0.6) is 0 Å². The van der Waals surface area contributed by atoms with Gasteiger partial charge in [0.15, 0.2) is 0 Å². The maximum atomic E-state index is 12.6. The van der Waals surface area contributed by atoms with Gasteiger partial charge in [0.05, 0.1) is 11.7 Å². The molecule has 0 aliphatic carbocycles. The average molecular weight is 346 g/mol. The second-order valence-electron chi connectivity index (χ2n) is 6.81. The fraction of sp³-hybridized carbons (Fsp3) is 0.556. The normalized spacial score (nSPS) is 18.8. The summed E-state index contributed by atoms with van der Waals surface area (Å²) in [5.74, 6) is 0.342. The van der Waals surface area contributed by atoms with Gasteiger partial charge >= 0.3 is 6.03 Å². The lowest BCUT2D eigenvalue weighted by Crippen LogP contribution is -2.41. The molecule has 5 nitrogen and oxygen atoms in total. The zero-order valence-electron chi connectivity index (χ0n) is 14.7. The topological polar surface area (TPSA) is 50.2 Å². The first-order chi connectivity index (χ1) is 11.5. The van der Waals surface area contributed by atoms with Crippen LogP contribution in [0.15, 0.2) is 22.9 Å². The smallest absolute Gasteiger partial charge is 0.317 e. The maximum Gasteiger partial charge on any atom is 0.317 e. The van der Waals surface area contributed by atoms with Crippen LogP contribution in [0.4, 0.5) is 4.79 Å². The lowest BCUT2D eigenvalue weighted by molar-refractivity contribution is 0.191. The molecule has 2 aromatic rings. The Hall–Kier alpha value is -1.82. The molecule has 1 aliphatic heterocycles. The number of thiophene rings is 1. The minimum absolute atomic E-state index is 0.0592. The Bertz CT molecular complexity index is 679. The molecule has 24 heavy (non-hydrogen) atoms. The number of nitrogens with zero attached hydrogens (tertiary/aromatic N) is 3. The van der Waals surface area contributed by atoms with Crippen LogP contribution in [0.3, 0.4) is 0 Å². The molecule has 0 unspecified atom stereocenters. The minimum Gasteiger partial charge on any atom is -0.338 e. The van der Waals surface area contributed by atoms with Crippen molar-refractivity contribution < 1.29 is 4.79 Å². The number of hydrogen-bond donors (Lipinski definition) is 1. The molecule has 2 aromatic heterocycles. The highest BCUT2D eigenvalue weighted by atomic mass is 32.1. The van der Waals surface area contributed by atoms with Crippen molar-refractivity contribution >= 4 is 17.4 Å². The van der Waals surface area contributed by atoms with Gasteiger partial charge in [0.1, 0.15) is 0 Å². The summed E-state index contributed by atoms with van der Waals surface area (Å²) in [6.07, 6.45) is 2.14. The van der Waals surface area contributed by atoms with Gasteiger partial charge < -0.3 is 10.2 Å². The van der Waals surface area contributed by atoms with E-state index in [-0.39, 0.29) is 12.1 Å². The van der Waals surface area contributed by atoms with Crippen LogP contribution in [0.25, 0.3) is 0 Å². The Balaban J connectivity index is 1.52. The summed E-state index contributed by atoms with van der Waals surface area (Å²) in [5.41, 5.74) is 3.48. The predicted octanol–water partition coefficient (Wildman–Crippen LogP) is 3.74. The monoisotopic (exact) mass is 346 g/mol. The molecule has 3 heterocycles. The van der Waals surface area contributed by atoms with Crippen LogP contribution < -0.4 is 5.32 Å². The summed E-state index contributed by atoms with van der Waals surface area (Å²) in [5, 5.41) is 11.8. The third-order valence-corrected chi connectivity index (χ3v) is 5.33. The number of likely N-dealkylation sites (tertiary alicyclic amines) is 1. The molecule has 6 heteroatoms. The summed E-state index contributed by atoms with van der Waals surface area (Å²) in [7, 11) is 0. The van der Waals surface area contributed by atoms with Gasteiger partial charge in [-0.2, -0.15) is 16.4 Å². The molecule has 1 aliphatic rings. The highest BCUT2D eigenvalue weighted by Gasteiger charge is 2.30. The molecular weight excluding hydrogens is 320 g/mol. The van der Waals surface area contributed by atoms with Gasteiger partial charge in [-0.15, -0.1) is 0 Å². The first-order valence-electron chi connectivity index (χ1n) is 8.62. The standard InChI is InChI=1S/C18H26N4OS/c1-13(11-22-15(3)9-14(2)20-22)10-19-18(23)21-7-4-5-17(21)16-6-8-24-12-16/h6,8-9,12-13,17H,4-5,7,10-11H2,1-3H3,(H,19,23)/t13-,17+/m1/s1. The van der Waals surface area contributed by atoms with Gasteiger partial charge in [0.25, 0.3) is 0 Å². The van der Waals surface area contributed by atoms with E-state index in [0.717, 1.165) is 31.6 Å². The number of rotatable bonds is 5. The van der Waals surface area contributed by atoms with E-state index in [2.05, 4.69) is 47.2 Å². The van der Waals surface area contributed by atoms with Crippen molar-refractivity contribution in [2.24, 2.45) is 5.92 Å². The zero-order valence-corrected chi connectivity index (χ0v) is 15.5. The number of aryl methyl sites for hydroxylation is 2. The van der Waals surface area contributed by atoms with Gasteiger partial charge in [-0.05, 0) is 61.1 Å². The molecule has 0 radical (unpaired) electrons. The molecule has 3 rings (SSSR count). The fourth-order valence-electron chi connectivity index (χ4n) is 3.40. The number of amides is 2. The number of urea groups is 1. The molecule has 130 valence electrons. The van der Waals surface area contributed by atoms with Crippen LogP contribution in [-0.2, 0) is 6.54 Å².